The Morgan fingerprint density at radius 2 is 1.94 bits per heavy atom. The van der Waals surface area contributed by atoms with Crippen molar-refractivity contribution in [3.8, 4) is 0 Å². The minimum absolute atomic E-state index is 0.233. The highest BCUT2D eigenvalue weighted by atomic mass is 19.1. The minimum Gasteiger partial charge on any atom is -0.380 e. The fourth-order valence-electron chi connectivity index (χ4n) is 1.62. The quantitative estimate of drug-likeness (QED) is 0.757. The Bertz CT molecular complexity index is 369. The molecule has 0 radical (unpaired) electrons. The van der Waals surface area contributed by atoms with Crippen molar-refractivity contribution in [1.82, 2.24) is 5.32 Å². The first-order valence-corrected chi connectivity index (χ1v) is 6.26. The largest absolute Gasteiger partial charge is 0.380 e. The Kier molecular flexibility index (Phi) is 6.22. The molecule has 0 aliphatic carbocycles. The van der Waals surface area contributed by atoms with Gasteiger partial charge in [0.2, 0.25) is 0 Å². The lowest BCUT2D eigenvalue weighted by Crippen LogP contribution is -2.24. The van der Waals surface area contributed by atoms with Gasteiger partial charge in [0.1, 0.15) is 11.6 Å². The summed E-state index contributed by atoms with van der Waals surface area (Å²) < 4.78 is 31.9. The van der Waals surface area contributed by atoms with Crippen LogP contribution in [0, 0.1) is 17.6 Å². The Morgan fingerprint density at radius 1 is 1.22 bits per heavy atom. The number of ether oxygens (including phenoxy) is 1. The van der Waals surface area contributed by atoms with Crippen LogP contribution < -0.4 is 5.32 Å². The molecule has 1 rings (SSSR count). The van der Waals surface area contributed by atoms with Gasteiger partial charge in [0.25, 0.3) is 0 Å². The van der Waals surface area contributed by atoms with Gasteiger partial charge in [-0.2, -0.15) is 0 Å². The second kappa shape index (κ2) is 7.44. The van der Waals surface area contributed by atoms with Crippen molar-refractivity contribution < 1.29 is 13.5 Å². The van der Waals surface area contributed by atoms with E-state index < -0.39 is 5.82 Å². The first kappa shape index (κ1) is 15.1. The number of rotatable bonds is 7. The highest BCUT2D eigenvalue weighted by Gasteiger charge is 2.11. The number of hydrogen-bond acceptors (Lipinski definition) is 2. The van der Waals surface area contributed by atoms with E-state index in [4.69, 9.17) is 4.74 Å². The van der Waals surface area contributed by atoms with Crippen molar-refractivity contribution in [1.29, 1.82) is 0 Å². The van der Waals surface area contributed by atoms with Crippen LogP contribution in [-0.4, -0.2) is 19.8 Å². The predicted octanol–water partition coefficient (Wildman–Crippen LogP) is 3.29. The van der Waals surface area contributed by atoms with Crippen molar-refractivity contribution in [2.45, 2.75) is 26.8 Å². The molecule has 0 bridgehead atoms. The molecule has 1 aromatic rings. The topological polar surface area (TPSA) is 21.3 Å². The number of benzene rings is 1. The normalized spacial score (nSPS) is 13.0. The molecule has 0 saturated carbocycles. The van der Waals surface area contributed by atoms with Crippen LogP contribution in [0.15, 0.2) is 18.2 Å². The standard InChI is InChI=1S/C14H21F2NO/c1-10(2)9-18-7-6-17-11(3)13-8-12(15)4-5-14(13)16/h4-5,8,10-11,17H,6-7,9H2,1-3H3. The van der Waals surface area contributed by atoms with E-state index in [1.165, 1.54) is 6.07 Å². The molecular weight excluding hydrogens is 236 g/mol. The summed E-state index contributed by atoms with van der Waals surface area (Å²) in [6.45, 7) is 7.87. The number of halogens is 2. The smallest absolute Gasteiger partial charge is 0.128 e. The third-order valence-corrected chi connectivity index (χ3v) is 2.57. The van der Waals surface area contributed by atoms with Crippen LogP contribution in [0.5, 0.6) is 0 Å². The molecule has 1 aromatic carbocycles. The van der Waals surface area contributed by atoms with Gasteiger partial charge in [-0.25, -0.2) is 8.78 Å². The Hall–Kier alpha value is -1.00. The third kappa shape index (κ3) is 5.10. The molecule has 0 saturated heterocycles. The molecule has 18 heavy (non-hydrogen) atoms. The molecule has 2 nitrogen and oxygen atoms in total. The van der Waals surface area contributed by atoms with Crippen molar-refractivity contribution in [2.75, 3.05) is 19.8 Å². The van der Waals surface area contributed by atoms with Crippen molar-refractivity contribution in [3.05, 3.63) is 35.4 Å². The van der Waals surface area contributed by atoms with Crippen LogP contribution in [0.3, 0.4) is 0 Å². The van der Waals surface area contributed by atoms with Gasteiger partial charge >= 0.3 is 0 Å². The summed E-state index contributed by atoms with van der Waals surface area (Å²) in [5.74, 6) is -0.307. The maximum atomic E-state index is 13.5. The van der Waals surface area contributed by atoms with E-state index in [1.807, 2.05) is 0 Å². The molecular formula is C14H21F2NO. The van der Waals surface area contributed by atoms with E-state index in [0.717, 1.165) is 12.1 Å². The fourth-order valence-corrected chi connectivity index (χ4v) is 1.62. The summed E-state index contributed by atoms with van der Waals surface area (Å²) in [5, 5.41) is 3.11. The zero-order valence-corrected chi connectivity index (χ0v) is 11.2. The molecule has 0 fully saturated rings. The number of nitrogens with one attached hydrogen (secondary N) is 1. The second-order valence-electron chi connectivity index (χ2n) is 4.81. The zero-order valence-electron chi connectivity index (χ0n) is 11.2. The lowest BCUT2D eigenvalue weighted by atomic mass is 10.1. The van der Waals surface area contributed by atoms with Gasteiger partial charge in [0.15, 0.2) is 0 Å². The van der Waals surface area contributed by atoms with Gasteiger partial charge in [-0.3, -0.25) is 0 Å². The molecule has 0 heterocycles. The van der Waals surface area contributed by atoms with Crippen LogP contribution in [-0.2, 0) is 4.74 Å². The van der Waals surface area contributed by atoms with E-state index in [9.17, 15) is 8.78 Å². The van der Waals surface area contributed by atoms with Gasteiger partial charge in [0, 0.05) is 24.8 Å². The summed E-state index contributed by atoms with van der Waals surface area (Å²) in [5.41, 5.74) is 0.346. The summed E-state index contributed by atoms with van der Waals surface area (Å²) >= 11 is 0. The highest BCUT2D eigenvalue weighted by Crippen LogP contribution is 2.17. The minimum atomic E-state index is -0.420. The van der Waals surface area contributed by atoms with Crippen molar-refractivity contribution >= 4 is 0 Å². The maximum Gasteiger partial charge on any atom is 0.128 e. The molecule has 0 aliphatic heterocycles. The molecule has 1 N–H and O–H groups in total. The first-order chi connectivity index (χ1) is 8.50. The van der Waals surface area contributed by atoms with Crippen molar-refractivity contribution in [2.24, 2.45) is 5.92 Å². The van der Waals surface area contributed by atoms with Crippen LogP contribution in [0.25, 0.3) is 0 Å². The van der Waals surface area contributed by atoms with Crippen LogP contribution in [0.1, 0.15) is 32.4 Å². The van der Waals surface area contributed by atoms with Gasteiger partial charge < -0.3 is 10.1 Å². The zero-order chi connectivity index (χ0) is 13.5. The van der Waals surface area contributed by atoms with Crippen LogP contribution >= 0.6 is 0 Å². The third-order valence-electron chi connectivity index (χ3n) is 2.57. The molecule has 1 atom stereocenters. The summed E-state index contributed by atoms with van der Waals surface area (Å²) in [6.07, 6.45) is 0. The Balaban J connectivity index is 2.36. The van der Waals surface area contributed by atoms with E-state index in [-0.39, 0.29) is 11.9 Å². The monoisotopic (exact) mass is 257 g/mol. The fraction of sp³-hybridized carbons (Fsp3) is 0.571. The Labute approximate surface area is 107 Å². The summed E-state index contributed by atoms with van der Waals surface area (Å²) in [6, 6.07) is 3.26. The van der Waals surface area contributed by atoms with Crippen LogP contribution in [0.2, 0.25) is 0 Å². The molecule has 0 aromatic heterocycles. The van der Waals surface area contributed by atoms with E-state index >= 15 is 0 Å². The van der Waals surface area contributed by atoms with Crippen LogP contribution in [0.4, 0.5) is 8.78 Å². The molecule has 4 heteroatoms. The summed E-state index contributed by atoms with van der Waals surface area (Å²) in [7, 11) is 0. The first-order valence-electron chi connectivity index (χ1n) is 6.26. The van der Waals surface area contributed by atoms with Crippen molar-refractivity contribution in [3.63, 3.8) is 0 Å². The second-order valence-corrected chi connectivity index (χ2v) is 4.81. The molecule has 0 aliphatic rings. The molecule has 1 unspecified atom stereocenters. The lowest BCUT2D eigenvalue weighted by molar-refractivity contribution is 0.110. The van der Waals surface area contributed by atoms with E-state index in [2.05, 4.69) is 19.2 Å². The lowest BCUT2D eigenvalue weighted by Gasteiger charge is -2.15. The van der Waals surface area contributed by atoms with Gasteiger partial charge in [0.05, 0.1) is 6.61 Å². The van der Waals surface area contributed by atoms with E-state index in [0.29, 0.717) is 31.2 Å². The average molecular weight is 257 g/mol. The summed E-state index contributed by atoms with van der Waals surface area (Å²) in [4.78, 5) is 0. The highest BCUT2D eigenvalue weighted by molar-refractivity contribution is 5.21. The van der Waals surface area contributed by atoms with Gasteiger partial charge in [-0.1, -0.05) is 13.8 Å². The predicted molar refractivity (Wildman–Crippen MR) is 68.4 cm³/mol. The van der Waals surface area contributed by atoms with Gasteiger partial charge in [-0.05, 0) is 31.0 Å². The SMILES string of the molecule is CC(C)COCCNC(C)c1cc(F)ccc1F. The molecule has 0 spiro atoms. The maximum absolute atomic E-state index is 13.5. The molecule has 0 amide bonds. The Morgan fingerprint density at radius 3 is 2.61 bits per heavy atom. The van der Waals surface area contributed by atoms with E-state index in [1.54, 1.807) is 6.92 Å². The van der Waals surface area contributed by atoms with Gasteiger partial charge in [-0.15, -0.1) is 0 Å². The average Bonchev–Trinajstić information content (AvgIpc) is 2.31. The number of hydrogen-bond donors (Lipinski definition) is 1. The molecule has 102 valence electrons.